The summed E-state index contributed by atoms with van der Waals surface area (Å²) in [4.78, 5) is 12.7. The van der Waals surface area contributed by atoms with Crippen LogP contribution in [0.4, 0.5) is 11.4 Å². The predicted octanol–water partition coefficient (Wildman–Crippen LogP) is 2.91. The summed E-state index contributed by atoms with van der Waals surface area (Å²) in [5.41, 5.74) is 1.91. The van der Waals surface area contributed by atoms with Crippen molar-refractivity contribution in [1.29, 1.82) is 0 Å². The number of rotatable bonds is 5. The Hall–Kier alpha value is -1.62. The molecule has 1 aliphatic rings. The molecule has 0 bridgehead atoms. The minimum Gasteiger partial charge on any atom is -0.376 e. The van der Waals surface area contributed by atoms with Crippen LogP contribution in [0.2, 0.25) is 0 Å². The summed E-state index contributed by atoms with van der Waals surface area (Å²) < 4.78 is 5.65. The van der Waals surface area contributed by atoms with Crippen molar-refractivity contribution in [2.45, 2.75) is 32.8 Å². The predicted molar refractivity (Wildman–Crippen MR) is 74.7 cm³/mol. The Labute approximate surface area is 113 Å². The molecule has 1 saturated heterocycles. The molecule has 0 aliphatic carbocycles. The van der Waals surface area contributed by atoms with Crippen molar-refractivity contribution in [1.82, 2.24) is 0 Å². The van der Waals surface area contributed by atoms with E-state index in [2.05, 4.69) is 11.8 Å². The number of ether oxygens (including phenoxy) is 1. The molecule has 0 aromatic heterocycles. The summed E-state index contributed by atoms with van der Waals surface area (Å²) in [7, 11) is 0. The van der Waals surface area contributed by atoms with Gasteiger partial charge in [-0.2, -0.15) is 0 Å². The molecule has 104 valence electrons. The number of nitrogens with zero attached hydrogens (tertiary/aromatic N) is 2. The zero-order chi connectivity index (χ0) is 13.8. The summed E-state index contributed by atoms with van der Waals surface area (Å²) >= 11 is 0. The van der Waals surface area contributed by atoms with Gasteiger partial charge in [-0.25, -0.2) is 0 Å². The van der Waals surface area contributed by atoms with Crippen LogP contribution in [0, 0.1) is 17.0 Å². The van der Waals surface area contributed by atoms with Crippen LogP contribution >= 0.6 is 0 Å². The summed E-state index contributed by atoms with van der Waals surface area (Å²) in [5, 5.41) is 10.8. The van der Waals surface area contributed by atoms with Crippen molar-refractivity contribution >= 4 is 11.4 Å². The highest BCUT2D eigenvalue weighted by molar-refractivity contribution is 5.55. The Morgan fingerprint density at radius 2 is 2.32 bits per heavy atom. The van der Waals surface area contributed by atoms with Gasteiger partial charge in [0.1, 0.15) is 0 Å². The van der Waals surface area contributed by atoms with Crippen LogP contribution in [-0.4, -0.2) is 30.7 Å². The van der Waals surface area contributed by atoms with Gasteiger partial charge in [-0.05, 0) is 38.8 Å². The van der Waals surface area contributed by atoms with Gasteiger partial charge in [0, 0.05) is 37.0 Å². The molecule has 0 saturated carbocycles. The van der Waals surface area contributed by atoms with Crippen molar-refractivity contribution in [3.05, 3.63) is 33.9 Å². The van der Waals surface area contributed by atoms with Crippen LogP contribution in [0.3, 0.4) is 0 Å². The molecule has 0 radical (unpaired) electrons. The quantitative estimate of drug-likeness (QED) is 0.606. The van der Waals surface area contributed by atoms with E-state index in [-0.39, 0.29) is 16.7 Å². The van der Waals surface area contributed by atoms with Crippen molar-refractivity contribution in [2.75, 3.05) is 24.6 Å². The van der Waals surface area contributed by atoms with Gasteiger partial charge < -0.3 is 9.64 Å². The summed E-state index contributed by atoms with van der Waals surface area (Å²) in [6.07, 6.45) is 2.51. The van der Waals surface area contributed by atoms with E-state index >= 15 is 0 Å². The Kier molecular flexibility index (Phi) is 4.37. The minimum atomic E-state index is -0.338. The first-order chi connectivity index (χ1) is 9.11. The summed E-state index contributed by atoms with van der Waals surface area (Å²) in [5.74, 6) is 0. The van der Waals surface area contributed by atoms with Gasteiger partial charge in [0.25, 0.3) is 5.69 Å². The molecule has 0 spiro atoms. The monoisotopic (exact) mass is 264 g/mol. The van der Waals surface area contributed by atoms with E-state index in [1.165, 1.54) is 0 Å². The van der Waals surface area contributed by atoms with E-state index in [1.54, 1.807) is 13.0 Å². The van der Waals surface area contributed by atoms with Gasteiger partial charge in [-0.1, -0.05) is 0 Å². The normalized spacial score (nSPS) is 18.5. The van der Waals surface area contributed by atoms with E-state index in [1.807, 2.05) is 12.1 Å². The van der Waals surface area contributed by atoms with Crippen molar-refractivity contribution in [3.8, 4) is 0 Å². The molecule has 1 fully saturated rings. The second-order valence-electron chi connectivity index (χ2n) is 4.90. The summed E-state index contributed by atoms with van der Waals surface area (Å²) in [6.45, 7) is 6.44. The number of nitro benzene ring substituents is 1. The molecule has 5 heteroatoms. The molecule has 1 heterocycles. The zero-order valence-electron chi connectivity index (χ0n) is 11.5. The fourth-order valence-electron chi connectivity index (χ4n) is 2.49. The van der Waals surface area contributed by atoms with Gasteiger partial charge in [0.05, 0.1) is 11.0 Å². The van der Waals surface area contributed by atoms with E-state index in [4.69, 9.17) is 4.74 Å². The second kappa shape index (κ2) is 6.02. The first-order valence-corrected chi connectivity index (χ1v) is 6.73. The first kappa shape index (κ1) is 13.8. The standard InChI is InChI=1S/C14H20N2O3/c1-3-15(10-13-5-4-8-19-13)12-6-7-14(16(17)18)11(2)9-12/h6-7,9,13H,3-5,8,10H2,1-2H3. The first-order valence-electron chi connectivity index (χ1n) is 6.73. The smallest absolute Gasteiger partial charge is 0.272 e. The topological polar surface area (TPSA) is 55.6 Å². The highest BCUT2D eigenvalue weighted by Gasteiger charge is 2.20. The maximum atomic E-state index is 10.8. The lowest BCUT2D eigenvalue weighted by Crippen LogP contribution is -2.32. The van der Waals surface area contributed by atoms with E-state index in [0.717, 1.165) is 38.2 Å². The summed E-state index contributed by atoms with van der Waals surface area (Å²) in [6, 6.07) is 5.29. The molecule has 1 aromatic rings. The number of likely N-dealkylation sites (N-methyl/N-ethyl adjacent to an activating group) is 1. The lowest BCUT2D eigenvalue weighted by atomic mass is 10.1. The van der Waals surface area contributed by atoms with Crippen molar-refractivity contribution in [3.63, 3.8) is 0 Å². The zero-order valence-corrected chi connectivity index (χ0v) is 11.5. The SMILES string of the molecule is CCN(CC1CCCO1)c1ccc([N+](=O)[O-])c(C)c1. The van der Waals surface area contributed by atoms with Crippen molar-refractivity contribution < 1.29 is 9.66 Å². The largest absolute Gasteiger partial charge is 0.376 e. The third-order valence-corrected chi connectivity index (χ3v) is 3.57. The van der Waals surface area contributed by atoms with Crippen LogP contribution in [0.5, 0.6) is 0 Å². The van der Waals surface area contributed by atoms with Crippen LogP contribution in [0.1, 0.15) is 25.3 Å². The van der Waals surface area contributed by atoms with E-state index < -0.39 is 0 Å². The number of nitro groups is 1. The number of benzene rings is 1. The fraction of sp³-hybridized carbons (Fsp3) is 0.571. The minimum absolute atomic E-state index is 0.178. The molecule has 1 aromatic carbocycles. The van der Waals surface area contributed by atoms with E-state index in [9.17, 15) is 10.1 Å². The van der Waals surface area contributed by atoms with Crippen LogP contribution < -0.4 is 4.90 Å². The molecule has 19 heavy (non-hydrogen) atoms. The molecule has 1 unspecified atom stereocenters. The highest BCUT2D eigenvalue weighted by atomic mass is 16.6. The second-order valence-corrected chi connectivity index (χ2v) is 4.90. The lowest BCUT2D eigenvalue weighted by molar-refractivity contribution is -0.385. The van der Waals surface area contributed by atoms with Gasteiger partial charge in [0.15, 0.2) is 0 Å². The van der Waals surface area contributed by atoms with Crippen molar-refractivity contribution in [2.24, 2.45) is 0 Å². The molecule has 2 rings (SSSR count). The highest BCUT2D eigenvalue weighted by Crippen LogP contribution is 2.25. The average molecular weight is 264 g/mol. The Bertz CT molecular complexity index is 456. The van der Waals surface area contributed by atoms with Gasteiger partial charge in [-0.3, -0.25) is 10.1 Å². The Balaban J connectivity index is 2.13. The third-order valence-electron chi connectivity index (χ3n) is 3.57. The van der Waals surface area contributed by atoms with Crippen LogP contribution in [0.15, 0.2) is 18.2 Å². The number of aryl methyl sites for hydroxylation is 1. The molecule has 0 N–H and O–H groups in total. The molecule has 1 atom stereocenters. The van der Waals surface area contributed by atoms with Crippen LogP contribution in [0.25, 0.3) is 0 Å². The molecular weight excluding hydrogens is 244 g/mol. The molecule has 1 aliphatic heterocycles. The fourth-order valence-corrected chi connectivity index (χ4v) is 2.49. The lowest BCUT2D eigenvalue weighted by Gasteiger charge is -2.26. The molecular formula is C14H20N2O3. The maximum Gasteiger partial charge on any atom is 0.272 e. The van der Waals surface area contributed by atoms with E-state index in [0.29, 0.717) is 5.56 Å². The van der Waals surface area contributed by atoms with Gasteiger partial charge in [0.2, 0.25) is 0 Å². The maximum absolute atomic E-state index is 10.8. The Morgan fingerprint density at radius 3 is 2.84 bits per heavy atom. The van der Waals surface area contributed by atoms with Gasteiger partial charge in [-0.15, -0.1) is 0 Å². The number of hydrogen-bond donors (Lipinski definition) is 0. The Morgan fingerprint density at radius 1 is 1.53 bits per heavy atom. The number of anilines is 1. The van der Waals surface area contributed by atoms with Crippen LogP contribution in [-0.2, 0) is 4.74 Å². The average Bonchev–Trinajstić information content (AvgIpc) is 2.88. The molecule has 0 amide bonds. The van der Waals surface area contributed by atoms with Gasteiger partial charge >= 0.3 is 0 Å². The number of hydrogen-bond acceptors (Lipinski definition) is 4. The third kappa shape index (κ3) is 3.23. The molecule has 5 nitrogen and oxygen atoms in total.